The second kappa shape index (κ2) is 10.9. The predicted molar refractivity (Wildman–Crippen MR) is 117 cm³/mol. The standard InChI is InChI=1S/C24H22FN3O7/c1-2-32-24(31)17-13-28(27-26-17)21-19(25)20(35-23(30)16-11-7-4-8-12-16)18(34-21)14-33-22(29)15-9-5-3-6-10-15/h3-13,18-21H,2,14H2,1H3. The SMILES string of the molecule is CCOC(=O)c1cn(C2OC(COC(=O)c3ccccc3)C(OC(=O)c3ccccc3)C2F)nn1. The molecule has 182 valence electrons. The van der Waals surface area contributed by atoms with E-state index in [-0.39, 0.29) is 17.9 Å². The van der Waals surface area contributed by atoms with Crippen LogP contribution in [-0.2, 0) is 18.9 Å². The third-order valence-electron chi connectivity index (χ3n) is 5.16. The second-order valence-electron chi connectivity index (χ2n) is 7.51. The van der Waals surface area contributed by atoms with E-state index >= 15 is 4.39 Å². The summed E-state index contributed by atoms with van der Waals surface area (Å²) >= 11 is 0. The monoisotopic (exact) mass is 483 g/mol. The molecule has 0 radical (unpaired) electrons. The van der Waals surface area contributed by atoms with Crippen molar-refractivity contribution in [3.05, 3.63) is 83.7 Å². The van der Waals surface area contributed by atoms with Gasteiger partial charge in [0.25, 0.3) is 0 Å². The minimum atomic E-state index is -1.90. The molecule has 2 aromatic carbocycles. The topological polar surface area (TPSA) is 119 Å². The molecule has 35 heavy (non-hydrogen) atoms. The van der Waals surface area contributed by atoms with E-state index in [1.165, 1.54) is 18.3 Å². The van der Waals surface area contributed by atoms with E-state index < -0.39 is 49.1 Å². The molecule has 1 saturated heterocycles. The molecule has 0 aliphatic carbocycles. The summed E-state index contributed by atoms with van der Waals surface area (Å²) in [7, 11) is 0. The van der Waals surface area contributed by atoms with Crippen molar-refractivity contribution in [2.45, 2.75) is 31.5 Å². The zero-order chi connectivity index (χ0) is 24.8. The van der Waals surface area contributed by atoms with E-state index in [2.05, 4.69) is 10.3 Å². The van der Waals surface area contributed by atoms with Crippen molar-refractivity contribution in [1.82, 2.24) is 15.0 Å². The number of halogens is 1. The molecule has 1 aliphatic rings. The molecule has 4 atom stereocenters. The molecule has 1 aliphatic heterocycles. The molecule has 0 amide bonds. The fourth-order valence-electron chi connectivity index (χ4n) is 3.46. The summed E-state index contributed by atoms with van der Waals surface area (Å²) in [5, 5.41) is 7.44. The molecule has 10 nitrogen and oxygen atoms in total. The minimum absolute atomic E-state index is 0.129. The Hall–Kier alpha value is -4.12. The number of ether oxygens (including phenoxy) is 4. The summed E-state index contributed by atoms with van der Waals surface area (Å²) in [5.41, 5.74) is 0.375. The van der Waals surface area contributed by atoms with Crippen LogP contribution in [0.3, 0.4) is 0 Å². The lowest BCUT2D eigenvalue weighted by atomic mass is 10.1. The van der Waals surface area contributed by atoms with Crippen molar-refractivity contribution in [2.75, 3.05) is 13.2 Å². The zero-order valence-electron chi connectivity index (χ0n) is 18.7. The van der Waals surface area contributed by atoms with Crippen LogP contribution in [0.25, 0.3) is 0 Å². The number of esters is 3. The van der Waals surface area contributed by atoms with Gasteiger partial charge in [-0.25, -0.2) is 23.5 Å². The van der Waals surface area contributed by atoms with Crippen molar-refractivity contribution >= 4 is 17.9 Å². The Kier molecular flexibility index (Phi) is 7.46. The molecule has 4 unspecified atom stereocenters. The molecule has 2 heterocycles. The first kappa shape index (κ1) is 24.0. The summed E-state index contributed by atoms with van der Waals surface area (Å²) < 4.78 is 37.8. The maximum Gasteiger partial charge on any atom is 0.360 e. The molecule has 0 spiro atoms. The molecule has 11 heteroatoms. The van der Waals surface area contributed by atoms with Gasteiger partial charge in [0, 0.05) is 0 Å². The highest BCUT2D eigenvalue weighted by Gasteiger charge is 2.50. The van der Waals surface area contributed by atoms with Gasteiger partial charge in [-0.3, -0.25) is 0 Å². The first-order valence-corrected chi connectivity index (χ1v) is 10.8. The Labute approximate surface area is 199 Å². The highest BCUT2D eigenvalue weighted by Crippen LogP contribution is 2.34. The number of hydrogen-bond donors (Lipinski definition) is 0. The first-order chi connectivity index (χ1) is 17.0. The van der Waals surface area contributed by atoms with Crippen molar-refractivity contribution < 1.29 is 37.7 Å². The molecule has 0 saturated carbocycles. The lowest BCUT2D eigenvalue weighted by Crippen LogP contribution is -2.37. The summed E-state index contributed by atoms with van der Waals surface area (Å²) in [6, 6.07) is 16.3. The van der Waals surface area contributed by atoms with Crippen LogP contribution in [0.1, 0.15) is 44.4 Å². The van der Waals surface area contributed by atoms with Crippen LogP contribution in [0.4, 0.5) is 4.39 Å². The number of nitrogens with zero attached hydrogens (tertiary/aromatic N) is 3. The smallest absolute Gasteiger partial charge is 0.360 e. The maximum atomic E-state index is 15.5. The minimum Gasteiger partial charge on any atom is -0.461 e. The van der Waals surface area contributed by atoms with Gasteiger partial charge in [0.15, 0.2) is 24.2 Å². The van der Waals surface area contributed by atoms with Gasteiger partial charge in [-0.1, -0.05) is 41.6 Å². The molecule has 1 aromatic heterocycles. The summed E-state index contributed by atoms with van der Waals surface area (Å²) in [5.74, 6) is -2.15. The fourth-order valence-corrected chi connectivity index (χ4v) is 3.46. The number of hydrogen-bond acceptors (Lipinski definition) is 9. The molecule has 4 rings (SSSR count). The van der Waals surface area contributed by atoms with E-state index in [9.17, 15) is 14.4 Å². The van der Waals surface area contributed by atoms with Gasteiger partial charge in [-0.05, 0) is 31.2 Å². The average Bonchev–Trinajstić information content (AvgIpc) is 3.49. The van der Waals surface area contributed by atoms with E-state index in [0.29, 0.717) is 5.56 Å². The molecular formula is C24H22FN3O7. The van der Waals surface area contributed by atoms with Crippen LogP contribution >= 0.6 is 0 Å². The third-order valence-corrected chi connectivity index (χ3v) is 5.16. The van der Waals surface area contributed by atoms with Crippen LogP contribution in [0.2, 0.25) is 0 Å². The number of carbonyl (C=O) groups is 3. The van der Waals surface area contributed by atoms with Gasteiger partial charge in [0.1, 0.15) is 12.7 Å². The van der Waals surface area contributed by atoms with Crippen molar-refractivity contribution in [2.24, 2.45) is 0 Å². The highest BCUT2D eigenvalue weighted by molar-refractivity contribution is 5.90. The van der Waals surface area contributed by atoms with E-state index in [1.807, 2.05) is 0 Å². The lowest BCUT2D eigenvalue weighted by Gasteiger charge is -2.19. The van der Waals surface area contributed by atoms with E-state index in [1.54, 1.807) is 55.5 Å². The summed E-state index contributed by atoms with van der Waals surface area (Å²) in [4.78, 5) is 36.9. The predicted octanol–water partition coefficient (Wildman–Crippen LogP) is 2.77. The summed E-state index contributed by atoms with van der Waals surface area (Å²) in [6.45, 7) is 1.37. The maximum absolute atomic E-state index is 15.5. The lowest BCUT2D eigenvalue weighted by molar-refractivity contribution is -0.0618. The van der Waals surface area contributed by atoms with Gasteiger partial charge in [-0.15, -0.1) is 5.10 Å². The molecule has 0 bridgehead atoms. The number of rotatable bonds is 8. The Balaban J connectivity index is 1.52. The quantitative estimate of drug-likeness (QED) is 0.352. The highest BCUT2D eigenvalue weighted by atomic mass is 19.1. The number of carbonyl (C=O) groups excluding carboxylic acids is 3. The van der Waals surface area contributed by atoms with Crippen molar-refractivity contribution in [1.29, 1.82) is 0 Å². The molecule has 1 fully saturated rings. The van der Waals surface area contributed by atoms with Gasteiger partial charge in [0.05, 0.1) is 23.9 Å². The Morgan fingerprint density at radius 1 is 0.943 bits per heavy atom. The Morgan fingerprint density at radius 3 is 2.20 bits per heavy atom. The molecule has 3 aromatic rings. The first-order valence-electron chi connectivity index (χ1n) is 10.8. The van der Waals surface area contributed by atoms with Crippen LogP contribution < -0.4 is 0 Å². The Bertz CT molecular complexity index is 1170. The number of aromatic nitrogens is 3. The number of alkyl halides is 1. The second-order valence-corrected chi connectivity index (χ2v) is 7.51. The van der Waals surface area contributed by atoms with Gasteiger partial charge in [-0.2, -0.15) is 0 Å². The Morgan fingerprint density at radius 2 is 1.57 bits per heavy atom. The molecule has 0 N–H and O–H groups in total. The van der Waals surface area contributed by atoms with Crippen LogP contribution in [0, 0.1) is 0 Å². The fraction of sp³-hybridized carbons (Fsp3) is 0.292. The average molecular weight is 483 g/mol. The van der Waals surface area contributed by atoms with Gasteiger partial charge < -0.3 is 18.9 Å². The largest absolute Gasteiger partial charge is 0.461 e. The van der Waals surface area contributed by atoms with Gasteiger partial charge >= 0.3 is 17.9 Å². The van der Waals surface area contributed by atoms with Crippen molar-refractivity contribution in [3.8, 4) is 0 Å². The summed E-state index contributed by atoms with van der Waals surface area (Å²) in [6.07, 6.45) is -4.69. The van der Waals surface area contributed by atoms with Crippen LogP contribution in [-0.4, -0.2) is 64.5 Å². The normalized spacial score (nSPS) is 21.3. The number of benzene rings is 2. The van der Waals surface area contributed by atoms with Crippen LogP contribution in [0.15, 0.2) is 66.9 Å². The third kappa shape index (κ3) is 5.52. The van der Waals surface area contributed by atoms with E-state index in [4.69, 9.17) is 18.9 Å². The molecular weight excluding hydrogens is 461 g/mol. The zero-order valence-corrected chi connectivity index (χ0v) is 18.7. The van der Waals surface area contributed by atoms with Crippen molar-refractivity contribution in [3.63, 3.8) is 0 Å². The van der Waals surface area contributed by atoms with Gasteiger partial charge in [0.2, 0.25) is 0 Å². The van der Waals surface area contributed by atoms with Crippen LogP contribution in [0.5, 0.6) is 0 Å². The van der Waals surface area contributed by atoms with E-state index in [0.717, 1.165) is 4.68 Å².